The number of hydrogen-bond donors (Lipinski definition) is 0. The third-order valence-electron chi connectivity index (χ3n) is 4.25. The normalized spacial score (nSPS) is 19.0. The summed E-state index contributed by atoms with van der Waals surface area (Å²) in [4.78, 5) is 11.9. The predicted octanol–water partition coefficient (Wildman–Crippen LogP) is 2.56. The Hall–Kier alpha value is -1.53. The van der Waals surface area contributed by atoms with Gasteiger partial charge in [0.15, 0.2) is 0 Å². The van der Waals surface area contributed by atoms with Gasteiger partial charge < -0.3 is 18.8 Å². The van der Waals surface area contributed by atoms with E-state index in [1.165, 1.54) is 7.11 Å². The highest BCUT2D eigenvalue weighted by atomic mass is 16.7. The molecule has 1 aromatic rings. The van der Waals surface area contributed by atoms with E-state index in [1.807, 2.05) is 47.6 Å². The van der Waals surface area contributed by atoms with E-state index in [9.17, 15) is 4.79 Å². The molecule has 0 atom stereocenters. The van der Waals surface area contributed by atoms with Crippen molar-refractivity contribution in [1.29, 1.82) is 0 Å². The molecular weight excluding hydrogens is 295 g/mol. The lowest BCUT2D eigenvalue weighted by Crippen LogP contribution is -2.41. The van der Waals surface area contributed by atoms with E-state index in [-0.39, 0.29) is 6.10 Å². The summed E-state index contributed by atoms with van der Waals surface area (Å²) in [6.45, 7) is 11.8. The standard InChI is InChI=1S/C17H25BO5/c1-11(2)21-14-9-12(15(19)20-7)8-13(10-14)18-22-16(3,4)17(5,6)23-18/h8-11H,1-7H3. The maximum atomic E-state index is 11.9. The SMILES string of the molecule is COC(=O)c1cc(OC(C)C)cc(B2OC(C)(C)C(C)(C)O2)c1. The highest BCUT2D eigenvalue weighted by molar-refractivity contribution is 6.62. The maximum absolute atomic E-state index is 11.9. The highest BCUT2D eigenvalue weighted by Gasteiger charge is 2.51. The van der Waals surface area contributed by atoms with Crippen LogP contribution in [0.3, 0.4) is 0 Å². The molecule has 1 aliphatic heterocycles. The zero-order valence-electron chi connectivity index (χ0n) is 14.9. The van der Waals surface area contributed by atoms with Gasteiger partial charge in [0.25, 0.3) is 0 Å². The van der Waals surface area contributed by atoms with Crippen LogP contribution in [0.4, 0.5) is 0 Å². The second-order valence-electron chi connectivity index (χ2n) is 7.04. The van der Waals surface area contributed by atoms with Gasteiger partial charge in [-0.15, -0.1) is 0 Å². The third-order valence-corrected chi connectivity index (χ3v) is 4.25. The molecule has 1 heterocycles. The van der Waals surface area contributed by atoms with Crippen LogP contribution in [0.5, 0.6) is 5.75 Å². The fourth-order valence-corrected chi connectivity index (χ4v) is 2.31. The molecule has 0 spiro atoms. The fraction of sp³-hybridized carbons (Fsp3) is 0.588. The smallest absolute Gasteiger partial charge is 0.491 e. The Morgan fingerprint density at radius 2 is 1.65 bits per heavy atom. The summed E-state index contributed by atoms with van der Waals surface area (Å²) >= 11 is 0. The minimum absolute atomic E-state index is 0.00552. The second-order valence-corrected chi connectivity index (χ2v) is 7.04. The summed E-state index contributed by atoms with van der Waals surface area (Å²) in [5.74, 6) is 0.171. The summed E-state index contributed by atoms with van der Waals surface area (Å²) in [5, 5.41) is 0. The zero-order chi connectivity index (χ0) is 17.4. The molecule has 0 N–H and O–H groups in total. The Balaban J connectivity index is 2.40. The van der Waals surface area contributed by atoms with Crippen LogP contribution >= 0.6 is 0 Å². The number of methoxy groups -OCH3 is 1. The van der Waals surface area contributed by atoms with Crippen molar-refractivity contribution in [2.45, 2.75) is 58.8 Å². The van der Waals surface area contributed by atoms with Gasteiger partial charge in [0.1, 0.15) is 5.75 Å². The van der Waals surface area contributed by atoms with E-state index >= 15 is 0 Å². The molecule has 1 aliphatic rings. The summed E-state index contributed by atoms with van der Waals surface area (Å²) in [6.07, 6.45) is -0.00552. The van der Waals surface area contributed by atoms with Crippen LogP contribution in [0.15, 0.2) is 18.2 Å². The lowest BCUT2D eigenvalue weighted by atomic mass is 9.78. The number of esters is 1. The van der Waals surface area contributed by atoms with Crippen LogP contribution in [0.1, 0.15) is 51.9 Å². The van der Waals surface area contributed by atoms with Gasteiger partial charge in [-0.3, -0.25) is 0 Å². The average molecular weight is 320 g/mol. The van der Waals surface area contributed by atoms with E-state index in [0.717, 1.165) is 5.46 Å². The van der Waals surface area contributed by atoms with E-state index in [1.54, 1.807) is 12.1 Å². The summed E-state index contributed by atoms with van der Waals surface area (Å²) in [6, 6.07) is 5.23. The van der Waals surface area contributed by atoms with Crippen molar-refractivity contribution in [3.63, 3.8) is 0 Å². The summed E-state index contributed by atoms with van der Waals surface area (Å²) in [7, 11) is 0.798. The molecule has 1 fully saturated rings. The van der Waals surface area contributed by atoms with Gasteiger partial charge in [0.2, 0.25) is 0 Å². The lowest BCUT2D eigenvalue weighted by molar-refractivity contribution is 0.00578. The first-order valence-corrected chi connectivity index (χ1v) is 7.81. The number of ether oxygens (including phenoxy) is 2. The molecule has 23 heavy (non-hydrogen) atoms. The quantitative estimate of drug-likeness (QED) is 0.630. The van der Waals surface area contributed by atoms with Crippen molar-refractivity contribution >= 4 is 18.6 Å². The first-order valence-electron chi connectivity index (χ1n) is 7.81. The Labute approximate surface area is 138 Å². The molecular formula is C17H25BO5. The molecule has 0 amide bonds. The van der Waals surface area contributed by atoms with Crippen molar-refractivity contribution in [3.8, 4) is 5.75 Å². The van der Waals surface area contributed by atoms with Gasteiger partial charge in [-0.1, -0.05) is 0 Å². The first-order chi connectivity index (χ1) is 10.6. The van der Waals surface area contributed by atoms with E-state index in [0.29, 0.717) is 11.3 Å². The van der Waals surface area contributed by atoms with Crippen LogP contribution in [0.2, 0.25) is 0 Å². The molecule has 0 saturated carbocycles. The maximum Gasteiger partial charge on any atom is 0.494 e. The first kappa shape index (κ1) is 17.8. The van der Waals surface area contributed by atoms with Crippen molar-refractivity contribution in [2.75, 3.05) is 7.11 Å². The highest BCUT2D eigenvalue weighted by Crippen LogP contribution is 2.36. The molecule has 2 rings (SSSR count). The van der Waals surface area contributed by atoms with E-state index in [2.05, 4.69) is 0 Å². The molecule has 126 valence electrons. The number of rotatable bonds is 4. The second kappa shape index (κ2) is 6.17. The summed E-state index contributed by atoms with van der Waals surface area (Å²) < 4.78 is 22.7. The van der Waals surface area contributed by atoms with Gasteiger partial charge in [0, 0.05) is 0 Å². The molecule has 5 nitrogen and oxygen atoms in total. The number of benzene rings is 1. The van der Waals surface area contributed by atoms with Crippen LogP contribution in [0.25, 0.3) is 0 Å². The third kappa shape index (κ3) is 3.70. The Kier molecular flexibility index (Phi) is 4.78. The molecule has 1 saturated heterocycles. The Morgan fingerprint density at radius 3 is 2.13 bits per heavy atom. The van der Waals surface area contributed by atoms with Gasteiger partial charge in [0.05, 0.1) is 30.0 Å². The predicted molar refractivity (Wildman–Crippen MR) is 89.3 cm³/mol. The molecule has 0 unspecified atom stereocenters. The van der Waals surface area contributed by atoms with Crippen molar-refractivity contribution < 1.29 is 23.6 Å². The topological polar surface area (TPSA) is 54.0 Å². The molecule has 6 heteroatoms. The van der Waals surface area contributed by atoms with Crippen LogP contribution in [-0.2, 0) is 14.0 Å². The van der Waals surface area contributed by atoms with Gasteiger partial charge in [-0.05, 0) is 65.2 Å². The summed E-state index contributed by atoms with van der Waals surface area (Å²) in [5.41, 5.74) is 0.258. The largest absolute Gasteiger partial charge is 0.494 e. The van der Waals surface area contributed by atoms with Gasteiger partial charge >= 0.3 is 13.1 Å². The monoisotopic (exact) mass is 320 g/mol. The van der Waals surface area contributed by atoms with Crippen molar-refractivity contribution in [2.24, 2.45) is 0 Å². The number of carbonyl (C=O) groups excluding carboxylic acids is 1. The molecule has 1 aromatic carbocycles. The Morgan fingerprint density at radius 1 is 1.09 bits per heavy atom. The number of carbonyl (C=O) groups is 1. The van der Waals surface area contributed by atoms with Crippen LogP contribution in [0, 0.1) is 0 Å². The van der Waals surface area contributed by atoms with E-state index < -0.39 is 24.3 Å². The van der Waals surface area contributed by atoms with E-state index in [4.69, 9.17) is 18.8 Å². The molecule has 0 aromatic heterocycles. The fourth-order valence-electron chi connectivity index (χ4n) is 2.31. The van der Waals surface area contributed by atoms with Gasteiger partial charge in [-0.2, -0.15) is 0 Å². The molecule has 0 aliphatic carbocycles. The molecule has 0 radical (unpaired) electrons. The van der Waals surface area contributed by atoms with Crippen molar-refractivity contribution in [1.82, 2.24) is 0 Å². The van der Waals surface area contributed by atoms with Crippen molar-refractivity contribution in [3.05, 3.63) is 23.8 Å². The lowest BCUT2D eigenvalue weighted by Gasteiger charge is -2.32. The number of hydrogen-bond acceptors (Lipinski definition) is 5. The minimum Gasteiger partial charge on any atom is -0.491 e. The molecule has 0 bridgehead atoms. The minimum atomic E-state index is -0.556. The van der Waals surface area contributed by atoms with Crippen LogP contribution in [-0.4, -0.2) is 37.5 Å². The average Bonchev–Trinajstić information content (AvgIpc) is 2.65. The Bertz CT molecular complexity index is 579. The van der Waals surface area contributed by atoms with Gasteiger partial charge in [-0.25, -0.2) is 4.79 Å². The van der Waals surface area contributed by atoms with Crippen LogP contribution < -0.4 is 10.2 Å². The zero-order valence-corrected chi connectivity index (χ0v) is 14.9.